The van der Waals surface area contributed by atoms with Crippen LogP contribution in [0.5, 0.6) is 0 Å². The fourth-order valence-electron chi connectivity index (χ4n) is 4.02. The molecule has 0 unspecified atom stereocenters. The number of benzene rings is 1. The monoisotopic (exact) mass is 388 g/mol. The standard InChI is InChI=1S/C22H36N2O2Si/c1-22(2,3)27(4,5)26-16-18-12-9-15-24(18)21(25)20-19(13-14-23-20)17-10-7-6-8-11-17/h6-8,10-11,18-20,23H,9,12-16H2,1-5H3/t18-,19+,20+/m0/s1. The normalized spacial score (nSPS) is 26.6. The highest BCUT2D eigenvalue weighted by Crippen LogP contribution is 2.37. The maximum atomic E-state index is 13.4. The van der Waals surface area contributed by atoms with Crippen molar-refractivity contribution in [1.82, 2.24) is 10.2 Å². The van der Waals surface area contributed by atoms with Gasteiger partial charge in [0.05, 0.1) is 18.7 Å². The molecular weight excluding hydrogens is 352 g/mol. The lowest BCUT2D eigenvalue weighted by atomic mass is 9.91. The molecule has 0 aliphatic carbocycles. The maximum absolute atomic E-state index is 13.4. The van der Waals surface area contributed by atoms with Crippen molar-refractivity contribution in [3.63, 3.8) is 0 Å². The van der Waals surface area contributed by atoms with Gasteiger partial charge in [0.1, 0.15) is 0 Å². The second kappa shape index (κ2) is 8.06. The second-order valence-corrected chi connectivity index (χ2v) is 14.4. The first-order valence-electron chi connectivity index (χ1n) is 10.4. The van der Waals surface area contributed by atoms with Gasteiger partial charge in [-0.2, -0.15) is 0 Å². The summed E-state index contributed by atoms with van der Waals surface area (Å²) in [5.41, 5.74) is 1.27. The van der Waals surface area contributed by atoms with E-state index >= 15 is 0 Å². The minimum atomic E-state index is -1.79. The van der Waals surface area contributed by atoms with Crippen LogP contribution in [0.3, 0.4) is 0 Å². The van der Waals surface area contributed by atoms with E-state index in [0.29, 0.717) is 6.61 Å². The van der Waals surface area contributed by atoms with Crippen molar-refractivity contribution >= 4 is 14.2 Å². The molecule has 3 rings (SSSR count). The lowest BCUT2D eigenvalue weighted by Gasteiger charge is -2.38. The Kier molecular flexibility index (Phi) is 6.13. The summed E-state index contributed by atoms with van der Waals surface area (Å²) in [5, 5.41) is 3.68. The van der Waals surface area contributed by atoms with Crippen LogP contribution in [0.1, 0.15) is 51.5 Å². The smallest absolute Gasteiger partial charge is 0.240 e. The molecule has 0 saturated carbocycles. The molecule has 1 aromatic rings. The molecule has 2 aliphatic heterocycles. The SMILES string of the molecule is CC(C)(C)[Si](C)(C)OC[C@@H]1CCCN1C(=O)[C@@H]1NCC[C@@H]1c1ccccc1. The molecule has 3 atom stereocenters. The molecular formula is C22H36N2O2Si. The number of hydrogen-bond donors (Lipinski definition) is 1. The Labute approximate surface area is 165 Å². The predicted octanol–water partition coefficient (Wildman–Crippen LogP) is 4.14. The van der Waals surface area contributed by atoms with Gasteiger partial charge in [-0.15, -0.1) is 0 Å². The third-order valence-electron chi connectivity index (χ3n) is 6.82. The molecule has 1 N–H and O–H groups in total. The Hall–Kier alpha value is -1.17. The van der Waals surface area contributed by atoms with Crippen molar-refractivity contribution in [3.8, 4) is 0 Å². The fraction of sp³-hybridized carbons (Fsp3) is 0.682. The van der Waals surface area contributed by atoms with Gasteiger partial charge >= 0.3 is 0 Å². The van der Waals surface area contributed by atoms with Crippen molar-refractivity contribution in [2.75, 3.05) is 19.7 Å². The summed E-state index contributed by atoms with van der Waals surface area (Å²) >= 11 is 0. The number of likely N-dealkylation sites (tertiary alicyclic amines) is 1. The first-order chi connectivity index (χ1) is 12.7. The van der Waals surface area contributed by atoms with Gasteiger partial charge in [-0.1, -0.05) is 51.1 Å². The van der Waals surface area contributed by atoms with Crippen LogP contribution >= 0.6 is 0 Å². The first kappa shape index (κ1) is 20.6. The van der Waals surface area contributed by atoms with Crippen LogP contribution in [-0.4, -0.2) is 50.9 Å². The molecule has 27 heavy (non-hydrogen) atoms. The van der Waals surface area contributed by atoms with Crippen molar-refractivity contribution < 1.29 is 9.22 Å². The van der Waals surface area contributed by atoms with Crippen molar-refractivity contribution in [2.24, 2.45) is 0 Å². The lowest BCUT2D eigenvalue weighted by Crippen LogP contribution is -2.50. The Morgan fingerprint density at radius 1 is 1.22 bits per heavy atom. The van der Waals surface area contributed by atoms with Crippen molar-refractivity contribution in [2.45, 2.75) is 76.2 Å². The summed E-state index contributed by atoms with van der Waals surface area (Å²) in [6.07, 6.45) is 3.17. The molecule has 2 fully saturated rings. The van der Waals surface area contributed by atoms with Gasteiger partial charge in [-0.3, -0.25) is 4.79 Å². The number of nitrogens with zero attached hydrogens (tertiary/aromatic N) is 1. The number of rotatable bonds is 5. The Balaban J connectivity index is 1.67. The van der Waals surface area contributed by atoms with E-state index < -0.39 is 8.32 Å². The zero-order valence-electron chi connectivity index (χ0n) is 17.6. The largest absolute Gasteiger partial charge is 0.415 e. The maximum Gasteiger partial charge on any atom is 0.240 e. The zero-order chi connectivity index (χ0) is 19.7. The van der Waals surface area contributed by atoms with E-state index in [1.807, 2.05) is 6.07 Å². The molecule has 0 radical (unpaired) electrons. The van der Waals surface area contributed by atoms with Crippen LogP contribution < -0.4 is 5.32 Å². The van der Waals surface area contributed by atoms with Gasteiger partial charge in [0, 0.05) is 12.5 Å². The lowest BCUT2D eigenvalue weighted by molar-refractivity contribution is -0.134. The molecule has 1 aromatic carbocycles. The third-order valence-corrected chi connectivity index (χ3v) is 11.3. The number of nitrogens with one attached hydrogen (secondary N) is 1. The minimum Gasteiger partial charge on any atom is -0.415 e. The zero-order valence-corrected chi connectivity index (χ0v) is 18.6. The van der Waals surface area contributed by atoms with Crippen LogP contribution in [-0.2, 0) is 9.22 Å². The summed E-state index contributed by atoms with van der Waals surface area (Å²) in [6.45, 7) is 13.8. The Morgan fingerprint density at radius 2 is 1.93 bits per heavy atom. The summed E-state index contributed by atoms with van der Waals surface area (Å²) in [7, 11) is -1.79. The van der Waals surface area contributed by atoms with Gasteiger partial charge in [-0.05, 0) is 49.5 Å². The second-order valence-electron chi connectivity index (χ2n) is 9.64. The van der Waals surface area contributed by atoms with Crippen molar-refractivity contribution in [1.29, 1.82) is 0 Å². The van der Waals surface area contributed by atoms with Crippen molar-refractivity contribution in [3.05, 3.63) is 35.9 Å². The number of carbonyl (C=O) groups excluding carboxylic acids is 1. The summed E-state index contributed by atoms with van der Waals surface area (Å²) in [4.78, 5) is 15.5. The average Bonchev–Trinajstić information content (AvgIpc) is 3.28. The van der Waals surface area contributed by atoms with Gasteiger partial charge < -0.3 is 14.6 Å². The molecule has 2 aliphatic rings. The quantitative estimate of drug-likeness (QED) is 0.771. The van der Waals surface area contributed by atoms with E-state index in [2.05, 4.69) is 68.3 Å². The van der Waals surface area contributed by atoms with Crippen LogP contribution in [0.4, 0.5) is 0 Å². The van der Waals surface area contributed by atoms with Crippen LogP contribution in [0, 0.1) is 0 Å². The van der Waals surface area contributed by atoms with Crippen LogP contribution in [0.15, 0.2) is 30.3 Å². The van der Waals surface area contributed by atoms with E-state index in [1.54, 1.807) is 0 Å². The topological polar surface area (TPSA) is 41.6 Å². The highest BCUT2D eigenvalue weighted by molar-refractivity contribution is 6.74. The molecule has 2 saturated heterocycles. The van der Waals surface area contributed by atoms with Gasteiger partial charge in [0.15, 0.2) is 8.32 Å². The number of carbonyl (C=O) groups is 1. The minimum absolute atomic E-state index is 0.0964. The van der Waals surface area contributed by atoms with E-state index in [9.17, 15) is 4.79 Å². The van der Waals surface area contributed by atoms with E-state index in [4.69, 9.17) is 4.43 Å². The van der Waals surface area contributed by atoms with Gasteiger partial charge in [0.2, 0.25) is 5.91 Å². The van der Waals surface area contributed by atoms with E-state index in [1.165, 1.54) is 5.56 Å². The molecule has 0 bridgehead atoms. The molecule has 1 amide bonds. The first-order valence-corrected chi connectivity index (χ1v) is 13.3. The van der Waals surface area contributed by atoms with Gasteiger partial charge in [-0.25, -0.2) is 0 Å². The Morgan fingerprint density at radius 3 is 2.59 bits per heavy atom. The molecule has 150 valence electrons. The summed E-state index contributed by atoms with van der Waals surface area (Å²) in [6, 6.07) is 10.6. The number of amides is 1. The summed E-state index contributed by atoms with van der Waals surface area (Å²) in [5.74, 6) is 0.545. The Bertz CT molecular complexity index is 641. The van der Waals surface area contributed by atoms with Crippen LogP contribution in [0.2, 0.25) is 18.1 Å². The van der Waals surface area contributed by atoms with E-state index in [0.717, 1.165) is 32.4 Å². The molecule has 2 heterocycles. The molecule has 5 heteroatoms. The molecule has 0 spiro atoms. The molecule has 0 aromatic heterocycles. The number of hydrogen-bond acceptors (Lipinski definition) is 3. The van der Waals surface area contributed by atoms with E-state index in [-0.39, 0.29) is 28.9 Å². The highest BCUT2D eigenvalue weighted by atomic mass is 28.4. The molecule has 4 nitrogen and oxygen atoms in total. The van der Waals surface area contributed by atoms with Crippen LogP contribution in [0.25, 0.3) is 0 Å². The highest BCUT2D eigenvalue weighted by Gasteiger charge is 2.42. The predicted molar refractivity (Wildman–Crippen MR) is 113 cm³/mol. The van der Waals surface area contributed by atoms with Gasteiger partial charge in [0.25, 0.3) is 0 Å². The third kappa shape index (κ3) is 4.46. The summed E-state index contributed by atoms with van der Waals surface area (Å²) < 4.78 is 6.46. The fourth-order valence-corrected chi connectivity index (χ4v) is 5.06. The average molecular weight is 389 g/mol.